The number of carbonyl (C=O) groups excluding carboxylic acids is 1. The van der Waals surface area contributed by atoms with E-state index in [2.05, 4.69) is 6.92 Å². The lowest BCUT2D eigenvalue weighted by Gasteiger charge is -2.34. The first kappa shape index (κ1) is 13.9. The molecule has 2 atom stereocenters. The molecule has 0 radical (unpaired) electrons. The van der Waals surface area contributed by atoms with Crippen molar-refractivity contribution in [3.63, 3.8) is 0 Å². The van der Waals surface area contributed by atoms with Crippen LogP contribution in [-0.2, 0) is 0 Å². The molecule has 0 spiro atoms. The lowest BCUT2D eigenvalue weighted by molar-refractivity contribution is 0.0672. The summed E-state index contributed by atoms with van der Waals surface area (Å²) in [6.45, 7) is 4.21. The van der Waals surface area contributed by atoms with Crippen LogP contribution >= 0.6 is 0 Å². The van der Waals surface area contributed by atoms with Gasteiger partial charge in [-0.2, -0.15) is 0 Å². The summed E-state index contributed by atoms with van der Waals surface area (Å²) in [7, 11) is 1.93. The predicted octanol–water partition coefficient (Wildman–Crippen LogP) is 3.23. The summed E-state index contributed by atoms with van der Waals surface area (Å²) in [6.07, 6.45) is 4.76. The number of amides is 1. The minimum atomic E-state index is 0.113. The minimum absolute atomic E-state index is 0.113. The van der Waals surface area contributed by atoms with Crippen molar-refractivity contribution in [1.29, 1.82) is 0 Å². The predicted molar refractivity (Wildman–Crippen MR) is 79.1 cm³/mol. The molecule has 1 aliphatic rings. The molecule has 0 bridgehead atoms. The summed E-state index contributed by atoms with van der Waals surface area (Å²) in [5.74, 6) is 0.837. The average molecular weight is 260 g/mol. The fourth-order valence-electron chi connectivity index (χ4n) is 2.93. The van der Waals surface area contributed by atoms with Gasteiger partial charge in [0, 0.05) is 24.3 Å². The fraction of sp³-hybridized carbons (Fsp3) is 0.562. The van der Waals surface area contributed by atoms with E-state index < -0.39 is 0 Å². The molecule has 104 valence electrons. The summed E-state index contributed by atoms with van der Waals surface area (Å²) in [4.78, 5) is 14.4. The van der Waals surface area contributed by atoms with Gasteiger partial charge in [-0.3, -0.25) is 4.79 Å². The van der Waals surface area contributed by atoms with E-state index >= 15 is 0 Å². The van der Waals surface area contributed by atoms with Crippen molar-refractivity contribution < 1.29 is 4.79 Å². The zero-order valence-electron chi connectivity index (χ0n) is 12.1. The van der Waals surface area contributed by atoms with Gasteiger partial charge in [0.15, 0.2) is 0 Å². The molecule has 1 aromatic carbocycles. The van der Waals surface area contributed by atoms with Gasteiger partial charge in [-0.25, -0.2) is 0 Å². The zero-order valence-corrected chi connectivity index (χ0v) is 12.1. The minimum Gasteiger partial charge on any atom is -0.399 e. The second-order valence-corrected chi connectivity index (χ2v) is 5.91. The van der Waals surface area contributed by atoms with Gasteiger partial charge < -0.3 is 10.6 Å². The molecule has 3 heteroatoms. The summed E-state index contributed by atoms with van der Waals surface area (Å²) < 4.78 is 0. The van der Waals surface area contributed by atoms with Crippen molar-refractivity contribution in [2.75, 3.05) is 12.8 Å². The summed E-state index contributed by atoms with van der Waals surface area (Å²) in [6, 6.07) is 5.92. The monoisotopic (exact) mass is 260 g/mol. The molecule has 1 aliphatic carbocycles. The Bertz CT molecular complexity index is 470. The van der Waals surface area contributed by atoms with Gasteiger partial charge in [0.05, 0.1) is 0 Å². The highest BCUT2D eigenvalue weighted by atomic mass is 16.2. The molecule has 1 fully saturated rings. The van der Waals surface area contributed by atoms with Crippen LogP contribution in [-0.4, -0.2) is 23.9 Å². The van der Waals surface area contributed by atoms with Crippen LogP contribution in [0.2, 0.25) is 0 Å². The molecule has 1 amide bonds. The normalized spacial score (nSPS) is 23.1. The first-order chi connectivity index (χ1) is 8.99. The van der Waals surface area contributed by atoms with Gasteiger partial charge in [0.2, 0.25) is 0 Å². The van der Waals surface area contributed by atoms with Crippen LogP contribution in [0.3, 0.4) is 0 Å². The third-order valence-electron chi connectivity index (χ3n) is 4.29. The molecule has 2 rings (SSSR count). The molecule has 1 aromatic rings. The molecule has 2 N–H and O–H groups in total. The Balaban J connectivity index is 2.11. The number of nitrogens with zero attached hydrogens (tertiary/aromatic N) is 1. The highest BCUT2D eigenvalue weighted by Crippen LogP contribution is 2.27. The van der Waals surface area contributed by atoms with Crippen LogP contribution in [0.5, 0.6) is 0 Å². The fourth-order valence-corrected chi connectivity index (χ4v) is 2.93. The molecule has 19 heavy (non-hydrogen) atoms. The molecule has 3 nitrogen and oxygen atoms in total. The average Bonchev–Trinajstić information content (AvgIpc) is 2.40. The molecule has 0 heterocycles. The number of nitrogen functional groups attached to an aromatic ring is 1. The van der Waals surface area contributed by atoms with E-state index in [9.17, 15) is 4.79 Å². The van der Waals surface area contributed by atoms with Crippen molar-refractivity contribution in [3.8, 4) is 0 Å². The Kier molecular flexibility index (Phi) is 4.13. The van der Waals surface area contributed by atoms with Crippen LogP contribution in [0.15, 0.2) is 18.2 Å². The second kappa shape index (κ2) is 5.64. The van der Waals surface area contributed by atoms with E-state index in [1.807, 2.05) is 37.1 Å². The lowest BCUT2D eigenvalue weighted by Crippen LogP contribution is -2.39. The largest absolute Gasteiger partial charge is 0.399 e. The third kappa shape index (κ3) is 3.09. The molecule has 0 aliphatic heterocycles. The first-order valence-corrected chi connectivity index (χ1v) is 7.12. The molecule has 0 saturated heterocycles. The van der Waals surface area contributed by atoms with Gasteiger partial charge in [-0.05, 0) is 49.4 Å². The Morgan fingerprint density at radius 2 is 2.11 bits per heavy atom. The standard InChI is InChI=1S/C16H24N2O/c1-11-5-4-6-14(9-11)18(3)16(19)13-7-8-15(17)12(2)10-13/h7-8,10-11,14H,4-6,9,17H2,1-3H3. The second-order valence-electron chi connectivity index (χ2n) is 5.91. The number of nitrogens with two attached hydrogens (primary N) is 1. The van der Waals surface area contributed by atoms with Crippen LogP contribution in [0.4, 0.5) is 5.69 Å². The van der Waals surface area contributed by atoms with Crippen molar-refractivity contribution in [2.24, 2.45) is 5.92 Å². The summed E-state index contributed by atoms with van der Waals surface area (Å²) >= 11 is 0. The molecule has 2 unspecified atom stereocenters. The van der Waals surface area contributed by atoms with Gasteiger partial charge >= 0.3 is 0 Å². The first-order valence-electron chi connectivity index (χ1n) is 7.12. The highest BCUT2D eigenvalue weighted by molar-refractivity contribution is 5.94. The van der Waals surface area contributed by atoms with E-state index in [-0.39, 0.29) is 5.91 Å². The Hall–Kier alpha value is -1.51. The number of benzene rings is 1. The maximum absolute atomic E-state index is 12.5. The van der Waals surface area contributed by atoms with E-state index in [1.54, 1.807) is 0 Å². The van der Waals surface area contributed by atoms with Crippen LogP contribution < -0.4 is 5.73 Å². The topological polar surface area (TPSA) is 46.3 Å². The van der Waals surface area contributed by atoms with Gasteiger partial charge in [0.1, 0.15) is 0 Å². The number of anilines is 1. The summed E-state index contributed by atoms with van der Waals surface area (Å²) in [5.41, 5.74) is 8.25. The van der Waals surface area contributed by atoms with Crippen LogP contribution in [0.25, 0.3) is 0 Å². The van der Waals surface area contributed by atoms with Crippen molar-refractivity contribution in [3.05, 3.63) is 29.3 Å². The van der Waals surface area contributed by atoms with E-state index in [0.29, 0.717) is 6.04 Å². The van der Waals surface area contributed by atoms with Gasteiger partial charge in [-0.15, -0.1) is 0 Å². The summed E-state index contributed by atoms with van der Waals surface area (Å²) in [5, 5.41) is 0. The molecular formula is C16H24N2O. The molecule has 1 saturated carbocycles. The number of carbonyl (C=O) groups is 1. The Labute approximate surface area is 115 Å². The molecule has 0 aromatic heterocycles. The Morgan fingerprint density at radius 1 is 1.37 bits per heavy atom. The van der Waals surface area contributed by atoms with E-state index in [4.69, 9.17) is 5.73 Å². The maximum atomic E-state index is 12.5. The van der Waals surface area contributed by atoms with Crippen molar-refractivity contribution in [2.45, 2.75) is 45.6 Å². The van der Waals surface area contributed by atoms with Crippen molar-refractivity contribution >= 4 is 11.6 Å². The van der Waals surface area contributed by atoms with Gasteiger partial charge in [-0.1, -0.05) is 19.8 Å². The zero-order chi connectivity index (χ0) is 14.0. The number of hydrogen-bond donors (Lipinski definition) is 1. The van der Waals surface area contributed by atoms with E-state index in [0.717, 1.165) is 35.6 Å². The SMILES string of the molecule is Cc1cc(C(=O)N(C)C2CCCC(C)C2)ccc1N. The number of hydrogen-bond acceptors (Lipinski definition) is 2. The third-order valence-corrected chi connectivity index (χ3v) is 4.29. The lowest BCUT2D eigenvalue weighted by atomic mass is 9.86. The van der Waals surface area contributed by atoms with Crippen LogP contribution in [0, 0.1) is 12.8 Å². The van der Waals surface area contributed by atoms with Crippen LogP contribution in [0.1, 0.15) is 48.5 Å². The van der Waals surface area contributed by atoms with Gasteiger partial charge in [0.25, 0.3) is 5.91 Å². The maximum Gasteiger partial charge on any atom is 0.253 e. The van der Waals surface area contributed by atoms with E-state index in [1.165, 1.54) is 12.8 Å². The smallest absolute Gasteiger partial charge is 0.253 e. The molecular weight excluding hydrogens is 236 g/mol. The quantitative estimate of drug-likeness (QED) is 0.830. The number of aryl methyl sites for hydroxylation is 1. The highest BCUT2D eigenvalue weighted by Gasteiger charge is 2.26. The van der Waals surface area contributed by atoms with Crippen molar-refractivity contribution in [1.82, 2.24) is 4.90 Å². The Morgan fingerprint density at radius 3 is 2.74 bits per heavy atom. The number of rotatable bonds is 2.